The predicted molar refractivity (Wildman–Crippen MR) is 104 cm³/mol. The molecule has 0 aromatic carbocycles. The first-order chi connectivity index (χ1) is 11.1. The zero-order valence-corrected chi connectivity index (χ0v) is 16.1. The van der Waals surface area contributed by atoms with Crippen LogP contribution in [0.15, 0.2) is 12.4 Å². The van der Waals surface area contributed by atoms with Crippen LogP contribution in [0.2, 0.25) is 0 Å². The Hall–Kier alpha value is -1.04. The van der Waals surface area contributed by atoms with Crippen molar-refractivity contribution in [1.29, 1.82) is 0 Å². The van der Waals surface area contributed by atoms with Gasteiger partial charge in [-0.3, -0.25) is 0 Å². The molecule has 1 saturated heterocycles. The highest BCUT2D eigenvalue weighted by Crippen LogP contribution is 2.59. The van der Waals surface area contributed by atoms with Gasteiger partial charge in [-0.1, -0.05) is 27.1 Å². The molecule has 2 unspecified atom stereocenters. The molecule has 3 atom stereocenters. The molecule has 5 nitrogen and oxygen atoms in total. The van der Waals surface area contributed by atoms with Crippen molar-refractivity contribution in [3.8, 4) is 0 Å². The van der Waals surface area contributed by atoms with Crippen LogP contribution in [0.1, 0.15) is 29.7 Å². The number of H-pyrrole nitrogens is 1. The maximum atomic E-state index is 5.70. The summed E-state index contributed by atoms with van der Waals surface area (Å²) < 4.78 is 1.26. The summed E-state index contributed by atoms with van der Waals surface area (Å²) in [4.78, 5) is 12.2. The molecule has 8 heteroatoms. The Labute approximate surface area is 147 Å². The lowest BCUT2D eigenvalue weighted by molar-refractivity contribution is 0.714. The lowest BCUT2D eigenvalue weighted by Gasteiger charge is -2.22. The van der Waals surface area contributed by atoms with Gasteiger partial charge >= 0.3 is 0 Å². The van der Waals surface area contributed by atoms with Crippen LogP contribution in [0.3, 0.4) is 0 Å². The Balaban J connectivity index is 1.79. The molecule has 124 valence electrons. The minimum Gasteiger partial charge on any atom is -0.379 e. The van der Waals surface area contributed by atoms with Crippen LogP contribution in [-0.2, 0) is 0 Å². The third kappa shape index (κ3) is 3.90. The molecule has 0 bridgehead atoms. The Morgan fingerprint density at radius 1 is 1.48 bits per heavy atom. The second-order valence-electron chi connectivity index (χ2n) is 5.98. The lowest BCUT2D eigenvalue weighted by atomic mass is 10.2. The summed E-state index contributed by atoms with van der Waals surface area (Å²) in [6.07, 6.45) is 6.06. The van der Waals surface area contributed by atoms with Gasteiger partial charge in [-0.25, -0.2) is 9.97 Å². The fraction of sp³-hybridized carbons (Fsp3) is 0.533. The van der Waals surface area contributed by atoms with Gasteiger partial charge in [0.25, 0.3) is 0 Å². The second-order valence-corrected chi connectivity index (χ2v) is 10.3. The van der Waals surface area contributed by atoms with Crippen molar-refractivity contribution in [3.05, 3.63) is 23.1 Å². The molecule has 0 saturated carbocycles. The van der Waals surface area contributed by atoms with E-state index in [0.717, 1.165) is 29.6 Å². The highest BCUT2D eigenvalue weighted by atomic mass is 32.1. The maximum Gasteiger partial charge on any atom is 0.200 e. The molecule has 0 spiro atoms. The molecule has 3 N–H and O–H groups in total. The summed E-state index contributed by atoms with van der Waals surface area (Å²) in [6.45, 7) is 5.13. The number of aromatic nitrogens is 3. The molecule has 1 aliphatic heterocycles. The van der Waals surface area contributed by atoms with Gasteiger partial charge < -0.3 is 15.6 Å². The van der Waals surface area contributed by atoms with Gasteiger partial charge in [0.2, 0.25) is 0 Å². The van der Waals surface area contributed by atoms with Crippen LogP contribution in [0, 0.1) is 12.8 Å². The maximum absolute atomic E-state index is 5.70. The minimum absolute atomic E-state index is 0.319. The van der Waals surface area contributed by atoms with Crippen molar-refractivity contribution in [2.45, 2.75) is 25.9 Å². The fourth-order valence-electron chi connectivity index (χ4n) is 2.80. The standard InChI is InChI=1S/C15H22N5PS2/c1-9-4-13(22)21(8-9)11(14-17-7-12(16-3)23-14)6-19-15-18-5-10(2)20-15/h5,7,9,11,16H,4,6,8H2,1-3H3,(H2,18,19,20)/t9-,11?,21?/m1/s1. The predicted octanol–water partition coefficient (Wildman–Crippen LogP) is 4.22. The highest BCUT2D eigenvalue weighted by Gasteiger charge is 2.35. The van der Waals surface area contributed by atoms with Crippen molar-refractivity contribution in [1.82, 2.24) is 15.0 Å². The molecule has 0 radical (unpaired) electrons. The first-order valence-corrected chi connectivity index (χ1v) is 10.6. The third-order valence-electron chi connectivity index (χ3n) is 3.95. The normalized spacial score (nSPS) is 22.3. The van der Waals surface area contributed by atoms with Crippen LogP contribution < -0.4 is 10.6 Å². The van der Waals surface area contributed by atoms with Gasteiger partial charge in [0.05, 0.1) is 11.9 Å². The number of hydrogen-bond donors (Lipinski definition) is 3. The van der Waals surface area contributed by atoms with Gasteiger partial charge in [0.1, 0.15) is 10.0 Å². The molecule has 2 aromatic rings. The van der Waals surface area contributed by atoms with E-state index in [-0.39, 0.29) is 7.92 Å². The smallest absolute Gasteiger partial charge is 0.200 e. The largest absolute Gasteiger partial charge is 0.379 e. The summed E-state index contributed by atoms with van der Waals surface area (Å²) >= 11 is 7.44. The van der Waals surface area contributed by atoms with Crippen LogP contribution in [-0.4, -0.2) is 39.3 Å². The summed E-state index contributed by atoms with van der Waals surface area (Å²) in [5.41, 5.74) is 1.42. The van der Waals surface area contributed by atoms with E-state index in [1.54, 1.807) is 11.3 Å². The molecule has 2 aromatic heterocycles. The third-order valence-corrected chi connectivity index (χ3v) is 9.14. The minimum atomic E-state index is -0.319. The van der Waals surface area contributed by atoms with E-state index in [2.05, 4.69) is 32.5 Å². The summed E-state index contributed by atoms with van der Waals surface area (Å²) in [7, 11) is 1.62. The molecular formula is C15H22N5PS2. The second kappa shape index (κ2) is 7.24. The zero-order chi connectivity index (χ0) is 16.4. The summed E-state index contributed by atoms with van der Waals surface area (Å²) in [6, 6.07) is 0. The number of thiazole rings is 1. The van der Waals surface area contributed by atoms with Crippen molar-refractivity contribution in [3.63, 3.8) is 0 Å². The molecular weight excluding hydrogens is 345 g/mol. The van der Waals surface area contributed by atoms with E-state index in [0.29, 0.717) is 11.6 Å². The first kappa shape index (κ1) is 16.8. The van der Waals surface area contributed by atoms with Gasteiger partial charge in [0.15, 0.2) is 5.95 Å². The van der Waals surface area contributed by atoms with Crippen LogP contribution in [0.5, 0.6) is 0 Å². The number of thiocarbonyl (C=S) groups is 1. The number of imidazole rings is 1. The quantitative estimate of drug-likeness (QED) is 0.527. The van der Waals surface area contributed by atoms with Crippen LogP contribution >= 0.6 is 31.5 Å². The van der Waals surface area contributed by atoms with Crippen LogP contribution in [0.25, 0.3) is 0 Å². The SMILES string of the molecule is CNc1cnc(C(CNc2ncc(C)[nH]2)P2C[C@H](C)CC2=S)s1. The molecule has 23 heavy (non-hydrogen) atoms. The average molecular weight is 367 g/mol. The van der Waals surface area contributed by atoms with Crippen molar-refractivity contribution in [2.75, 3.05) is 30.4 Å². The van der Waals surface area contributed by atoms with E-state index in [9.17, 15) is 0 Å². The van der Waals surface area contributed by atoms with E-state index in [1.165, 1.54) is 15.8 Å². The molecule has 1 fully saturated rings. The van der Waals surface area contributed by atoms with Crippen molar-refractivity contribution >= 4 is 47.0 Å². The van der Waals surface area contributed by atoms with Gasteiger partial charge in [-0.2, -0.15) is 0 Å². The monoisotopic (exact) mass is 367 g/mol. The van der Waals surface area contributed by atoms with E-state index < -0.39 is 0 Å². The molecule has 1 aliphatic rings. The highest BCUT2D eigenvalue weighted by molar-refractivity contribution is 7.99. The molecule has 0 amide bonds. The number of aromatic amines is 1. The number of nitrogens with one attached hydrogen (secondary N) is 3. The molecule has 3 rings (SSSR count). The Kier molecular flexibility index (Phi) is 5.29. The lowest BCUT2D eigenvalue weighted by Crippen LogP contribution is -2.14. The fourth-order valence-corrected chi connectivity index (χ4v) is 7.79. The van der Waals surface area contributed by atoms with Gasteiger partial charge in [-0.05, 0) is 25.4 Å². The number of hydrogen-bond acceptors (Lipinski definition) is 6. The Morgan fingerprint density at radius 3 is 2.87 bits per heavy atom. The van der Waals surface area contributed by atoms with E-state index >= 15 is 0 Å². The van der Waals surface area contributed by atoms with Gasteiger partial charge in [0, 0.05) is 30.1 Å². The summed E-state index contributed by atoms with van der Waals surface area (Å²) in [5.74, 6) is 1.52. The topological polar surface area (TPSA) is 65.6 Å². The first-order valence-electron chi connectivity index (χ1n) is 7.75. The Bertz CT molecular complexity index is 683. The number of nitrogens with zero attached hydrogens (tertiary/aromatic N) is 2. The number of aryl methyl sites for hydroxylation is 1. The van der Waals surface area contributed by atoms with Gasteiger partial charge in [-0.15, -0.1) is 11.3 Å². The number of anilines is 2. The van der Waals surface area contributed by atoms with Crippen LogP contribution in [0.4, 0.5) is 10.9 Å². The average Bonchev–Trinajstić information content (AvgIpc) is 3.21. The summed E-state index contributed by atoms with van der Waals surface area (Å²) in [5, 5.41) is 8.90. The number of rotatable bonds is 6. The Morgan fingerprint density at radius 2 is 2.30 bits per heavy atom. The van der Waals surface area contributed by atoms with Crippen molar-refractivity contribution < 1.29 is 0 Å². The zero-order valence-electron chi connectivity index (χ0n) is 13.6. The van der Waals surface area contributed by atoms with Crippen molar-refractivity contribution in [2.24, 2.45) is 5.92 Å². The molecule has 0 aliphatic carbocycles. The van der Waals surface area contributed by atoms with E-state index in [4.69, 9.17) is 12.2 Å². The van der Waals surface area contributed by atoms with E-state index in [1.807, 2.05) is 26.4 Å². The molecule has 3 heterocycles.